The molecule has 1 aromatic rings. The highest BCUT2D eigenvalue weighted by atomic mass is 19.3. The molecule has 0 aromatic carbocycles. The molecule has 0 saturated carbocycles. The van der Waals surface area contributed by atoms with Crippen molar-refractivity contribution in [3.63, 3.8) is 0 Å². The van der Waals surface area contributed by atoms with E-state index in [1.54, 1.807) is 4.68 Å². The van der Waals surface area contributed by atoms with Crippen molar-refractivity contribution < 1.29 is 8.78 Å². The van der Waals surface area contributed by atoms with Crippen LogP contribution < -0.4 is 5.73 Å². The molecule has 0 fully saturated rings. The maximum absolute atomic E-state index is 13.5. The molecule has 1 heterocycles. The quantitative estimate of drug-likeness (QED) is 0.754. The summed E-state index contributed by atoms with van der Waals surface area (Å²) in [7, 11) is 0. The number of nitrogen functional groups attached to an aromatic ring is 1. The molecule has 14 heavy (non-hydrogen) atoms. The molecule has 1 aromatic heterocycles. The molecule has 0 unspecified atom stereocenters. The summed E-state index contributed by atoms with van der Waals surface area (Å²) in [6.07, 6.45) is 1.05. The van der Waals surface area contributed by atoms with E-state index in [-0.39, 0.29) is 17.8 Å². The molecule has 0 spiro atoms. The van der Waals surface area contributed by atoms with Crippen molar-refractivity contribution in [2.75, 3.05) is 5.73 Å². The topological polar surface area (TPSA) is 43.8 Å². The summed E-state index contributed by atoms with van der Waals surface area (Å²) in [5, 5.41) is 3.92. The molecule has 3 nitrogen and oxygen atoms in total. The fraction of sp³-hybridized carbons (Fsp3) is 0.667. The number of nitrogens with two attached hydrogens (primary N) is 1. The number of fused-ring (bicyclic) bond motifs is 1. The van der Waals surface area contributed by atoms with E-state index in [9.17, 15) is 8.78 Å². The fourth-order valence-corrected chi connectivity index (χ4v) is 2.03. The van der Waals surface area contributed by atoms with Crippen LogP contribution in [0.15, 0.2) is 0 Å². The Morgan fingerprint density at radius 3 is 2.93 bits per heavy atom. The van der Waals surface area contributed by atoms with Gasteiger partial charge in [-0.05, 0) is 19.8 Å². The van der Waals surface area contributed by atoms with Gasteiger partial charge in [0.2, 0.25) is 0 Å². The van der Waals surface area contributed by atoms with E-state index in [2.05, 4.69) is 5.10 Å². The third kappa shape index (κ3) is 1.19. The van der Waals surface area contributed by atoms with Crippen molar-refractivity contribution in [1.29, 1.82) is 0 Å². The van der Waals surface area contributed by atoms with Crippen molar-refractivity contribution in [1.82, 2.24) is 9.78 Å². The number of alkyl halides is 2. The number of aromatic nitrogens is 2. The summed E-state index contributed by atoms with van der Waals surface area (Å²) in [6.45, 7) is 2.47. The Balaban J connectivity index is 2.58. The molecule has 2 N–H and O–H groups in total. The predicted octanol–water partition coefficient (Wildman–Crippen LogP) is 1.91. The molecule has 1 aliphatic rings. The zero-order valence-corrected chi connectivity index (χ0v) is 8.06. The Morgan fingerprint density at radius 1 is 1.57 bits per heavy atom. The number of aryl methyl sites for hydroxylation is 1. The monoisotopic (exact) mass is 201 g/mol. The summed E-state index contributed by atoms with van der Waals surface area (Å²) in [5.41, 5.74) is 6.08. The molecule has 0 atom stereocenters. The van der Waals surface area contributed by atoms with Crippen molar-refractivity contribution >= 4 is 5.82 Å². The summed E-state index contributed by atoms with van der Waals surface area (Å²) in [4.78, 5) is 0. The number of halogens is 2. The minimum atomic E-state index is -2.79. The molecule has 5 heteroatoms. The highest BCUT2D eigenvalue weighted by Gasteiger charge is 2.41. The molecule has 0 aliphatic heterocycles. The Morgan fingerprint density at radius 2 is 2.29 bits per heavy atom. The van der Waals surface area contributed by atoms with Crippen LogP contribution in [0.25, 0.3) is 0 Å². The van der Waals surface area contributed by atoms with Crippen molar-refractivity contribution in [2.24, 2.45) is 0 Å². The second kappa shape index (κ2) is 2.93. The lowest BCUT2D eigenvalue weighted by Gasteiger charge is -2.22. The first kappa shape index (κ1) is 9.43. The average molecular weight is 201 g/mol. The Labute approximate surface area is 80.9 Å². The van der Waals surface area contributed by atoms with Gasteiger partial charge in [-0.1, -0.05) is 0 Å². The molecule has 2 rings (SSSR count). The molecule has 78 valence electrons. The third-order valence-corrected chi connectivity index (χ3v) is 2.65. The van der Waals surface area contributed by atoms with Gasteiger partial charge in [0.15, 0.2) is 5.82 Å². The highest BCUT2D eigenvalue weighted by molar-refractivity contribution is 5.47. The van der Waals surface area contributed by atoms with E-state index in [1.807, 2.05) is 6.92 Å². The van der Waals surface area contributed by atoms with Gasteiger partial charge in [-0.15, -0.1) is 0 Å². The minimum absolute atomic E-state index is 0.00782. The molecule has 0 radical (unpaired) electrons. The standard InChI is InChI=1S/C9H13F2N3/c1-2-14-6-4-3-5-9(10,11)7(6)8(12)13-14/h2-5H2,1H3,(H2,12,13). The second-order valence-corrected chi connectivity index (χ2v) is 3.58. The number of hydrogen-bond donors (Lipinski definition) is 1. The summed E-state index contributed by atoms with van der Waals surface area (Å²) in [6, 6.07) is 0. The summed E-state index contributed by atoms with van der Waals surface area (Å²) < 4.78 is 28.5. The van der Waals surface area contributed by atoms with Crippen LogP contribution in [-0.4, -0.2) is 9.78 Å². The number of hydrogen-bond acceptors (Lipinski definition) is 2. The van der Waals surface area contributed by atoms with Crippen molar-refractivity contribution in [3.05, 3.63) is 11.3 Å². The van der Waals surface area contributed by atoms with E-state index in [0.29, 0.717) is 25.1 Å². The van der Waals surface area contributed by atoms with Gasteiger partial charge < -0.3 is 5.73 Å². The van der Waals surface area contributed by atoms with E-state index < -0.39 is 5.92 Å². The summed E-state index contributed by atoms with van der Waals surface area (Å²) >= 11 is 0. The molecule has 0 amide bonds. The van der Waals surface area contributed by atoms with Crippen LogP contribution in [0.1, 0.15) is 31.0 Å². The van der Waals surface area contributed by atoms with Crippen LogP contribution in [0.2, 0.25) is 0 Å². The Bertz CT molecular complexity index is 357. The van der Waals surface area contributed by atoms with Gasteiger partial charge in [0.25, 0.3) is 5.92 Å². The van der Waals surface area contributed by atoms with Gasteiger partial charge in [0, 0.05) is 18.7 Å². The van der Waals surface area contributed by atoms with Crippen LogP contribution in [0.3, 0.4) is 0 Å². The average Bonchev–Trinajstić information content (AvgIpc) is 2.43. The van der Waals surface area contributed by atoms with E-state index >= 15 is 0 Å². The van der Waals surface area contributed by atoms with Gasteiger partial charge in [-0.3, -0.25) is 4.68 Å². The lowest BCUT2D eigenvalue weighted by atomic mass is 9.93. The highest BCUT2D eigenvalue weighted by Crippen LogP contribution is 2.42. The zero-order chi connectivity index (χ0) is 10.3. The molecule has 1 aliphatic carbocycles. The van der Waals surface area contributed by atoms with Gasteiger partial charge >= 0.3 is 0 Å². The second-order valence-electron chi connectivity index (χ2n) is 3.58. The van der Waals surface area contributed by atoms with Crippen LogP contribution in [0.5, 0.6) is 0 Å². The van der Waals surface area contributed by atoms with E-state index in [4.69, 9.17) is 5.73 Å². The smallest absolute Gasteiger partial charge is 0.278 e. The van der Waals surface area contributed by atoms with Gasteiger partial charge in [-0.25, -0.2) is 8.78 Å². The van der Waals surface area contributed by atoms with Crippen LogP contribution in [-0.2, 0) is 18.9 Å². The maximum atomic E-state index is 13.5. The maximum Gasteiger partial charge on any atom is 0.278 e. The van der Waals surface area contributed by atoms with Crippen LogP contribution in [0, 0.1) is 0 Å². The first-order valence-electron chi connectivity index (χ1n) is 4.79. The van der Waals surface area contributed by atoms with Gasteiger partial charge in [-0.2, -0.15) is 5.10 Å². The SMILES string of the molecule is CCn1nc(N)c2c1CCCC2(F)F. The fourth-order valence-electron chi connectivity index (χ4n) is 2.03. The molecular weight excluding hydrogens is 188 g/mol. The molecular formula is C9H13F2N3. The first-order chi connectivity index (χ1) is 6.56. The number of nitrogens with zero attached hydrogens (tertiary/aromatic N) is 2. The third-order valence-electron chi connectivity index (χ3n) is 2.65. The minimum Gasteiger partial charge on any atom is -0.382 e. The van der Waals surface area contributed by atoms with Gasteiger partial charge in [0.1, 0.15) is 0 Å². The van der Waals surface area contributed by atoms with Crippen molar-refractivity contribution in [3.8, 4) is 0 Å². The van der Waals surface area contributed by atoms with Gasteiger partial charge in [0.05, 0.1) is 5.56 Å². The summed E-state index contributed by atoms with van der Waals surface area (Å²) in [5.74, 6) is -2.79. The normalized spacial score (nSPS) is 19.4. The number of anilines is 1. The lowest BCUT2D eigenvalue weighted by Crippen LogP contribution is -2.22. The lowest BCUT2D eigenvalue weighted by molar-refractivity contribution is -0.0213. The van der Waals surface area contributed by atoms with Crippen LogP contribution >= 0.6 is 0 Å². The van der Waals surface area contributed by atoms with E-state index in [1.165, 1.54) is 0 Å². The molecule has 0 bridgehead atoms. The first-order valence-corrected chi connectivity index (χ1v) is 4.79. The zero-order valence-electron chi connectivity index (χ0n) is 8.06. The Kier molecular flexibility index (Phi) is 1.97. The van der Waals surface area contributed by atoms with Crippen molar-refractivity contribution in [2.45, 2.75) is 38.7 Å². The number of rotatable bonds is 1. The Hall–Kier alpha value is -1.13. The predicted molar refractivity (Wildman–Crippen MR) is 49.1 cm³/mol. The van der Waals surface area contributed by atoms with E-state index in [0.717, 1.165) is 0 Å². The van der Waals surface area contributed by atoms with Crippen LogP contribution in [0.4, 0.5) is 14.6 Å². The largest absolute Gasteiger partial charge is 0.382 e. The molecule has 0 saturated heterocycles.